The lowest BCUT2D eigenvalue weighted by Crippen LogP contribution is -2.01. The van der Waals surface area contributed by atoms with Gasteiger partial charge < -0.3 is 14.4 Å². The van der Waals surface area contributed by atoms with Crippen molar-refractivity contribution >= 4 is 29.5 Å². The molecule has 30 heavy (non-hydrogen) atoms. The summed E-state index contributed by atoms with van der Waals surface area (Å²) in [6, 6.07) is 12.8. The minimum absolute atomic E-state index is 0.165. The Labute approximate surface area is 172 Å². The van der Waals surface area contributed by atoms with Crippen LogP contribution in [0.25, 0.3) is 21.9 Å². The summed E-state index contributed by atoms with van der Waals surface area (Å²) in [4.78, 5) is 22.9. The minimum atomic E-state index is -4.15. The largest absolute Gasteiger partial charge is 0.334 e. The molecule has 0 saturated carbocycles. The van der Waals surface area contributed by atoms with Gasteiger partial charge in [0.2, 0.25) is 0 Å². The second kappa shape index (κ2) is 7.58. The first-order valence-corrected chi connectivity index (χ1v) is 11.3. The molecule has 0 radical (unpaired) electrons. The van der Waals surface area contributed by atoms with E-state index in [1.165, 1.54) is 6.07 Å². The molecule has 0 aliphatic rings. The lowest BCUT2D eigenvalue weighted by Gasteiger charge is -2.10. The summed E-state index contributed by atoms with van der Waals surface area (Å²) in [7, 11) is -4.15. The average molecular weight is 430 g/mol. The number of nitrogens with zero attached hydrogens (tertiary/aromatic N) is 2. The molecule has 2 aromatic heterocycles. The Morgan fingerprint density at radius 1 is 1.00 bits per heavy atom. The number of aromatic nitrogens is 2. The highest BCUT2D eigenvalue weighted by molar-refractivity contribution is 7.50. The van der Waals surface area contributed by atoms with Crippen molar-refractivity contribution in [3.63, 3.8) is 0 Å². The lowest BCUT2D eigenvalue weighted by atomic mass is 10.1. The summed E-state index contributed by atoms with van der Waals surface area (Å²) in [6.07, 6.45) is -0.332. The van der Waals surface area contributed by atoms with Gasteiger partial charge >= 0.3 is 7.60 Å². The Morgan fingerprint density at radius 3 is 2.30 bits per heavy atom. The van der Waals surface area contributed by atoms with E-state index in [0.717, 1.165) is 17.3 Å². The Kier molecular flexibility index (Phi) is 5.22. The molecule has 2 heterocycles. The molecule has 0 fully saturated rings. The van der Waals surface area contributed by atoms with Crippen LogP contribution in [0.5, 0.6) is 0 Å². The molecule has 0 bridgehead atoms. The van der Waals surface area contributed by atoms with Gasteiger partial charge in [-0.05, 0) is 35.2 Å². The average Bonchev–Trinajstić information content (AvgIpc) is 2.95. The zero-order valence-corrected chi connectivity index (χ0v) is 17.4. The summed E-state index contributed by atoms with van der Waals surface area (Å²) in [5, 5.41) is 0.284. The Bertz CT molecular complexity index is 1290. The van der Waals surface area contributed by atoms with Crippen molar-refractivity contribution in [3.05, 3.63) is 77.0 Å². The molecule has 0 atom stereocenters. The van der Waals surface area contributed by atoms with Crippen molar-refractivity contribution < 1.29 is 23.1 Å². The number of fused-ring (bicyclic) bond motifs is 3. The molecule has 2 N–H and O–H groups in total. The van der Waals surface area contributed by atoms with Crippen LogP contribution in [-0.4, -0.2) is 19.3 Å². The Morgan fingerprint density at radius 2 is 1.67 bits per heavy atom. The summed E-state index contributed by atoms with van der Waals surface area (Å²) in [6.45, 7) is 4.34. The van der Waals surface area contributed by atoms with E-state index in [1.54, 1.807) is 24.3 Å². The van der Waals surface area contributed by atoms with Gasteiger partial charge in [0.05, 0.1) is 28.1 Å². The molecule has 0 aliphatic carbocycles. The lowest BCUT2D eigenvalue weighted by molar-refractivity contribution is 0.371. The van der Waals surface area contributed by atoms with Crippen molar-refractivity contribution in [2.75, 3.05) is 0 Å². The third-order valence-corrected chi connectivity index (χ3v) is 5.87. The van der Waals surface area contributed by atoms with Crippen LogP contribution >= 0.6 is 7.60 Å². The van der Waals surface area contributed by atoms with Gasteiger partial charge in [0.15, 0.2) is 0 Å². The van der Waals surface area contributed by atoms with Gasteiger partial charge in [0.1, 0.15) is 11.6 Å². The van der Waals surface area contributed by atoms with Crippen molar-refractivity contribution in [1.82, 2.24) is 9.55 Å². The molecule has 0 unspecified atom stereocenters. The molecule has 8 heteroatoms. The van der Waals surface area contributed by atoms with Gasteiger partial charge in [-0.3, -0.25) is 9.55 Å². The molecule has 0 saturated heterocycles. The van der Waals surface area contributed by atoms with Crippen LogP contribution in [0.15, 0.2) is 48.5 Å². The molecule has 0 aliphatic heterocycles. The smallest absolute Gasteiger partial charge is 0.329 e. The second-order valence-corrected chi connectivity index (χ2v) is 9.41. The van der Waals surface area contributed by atoms with Gasteiger partial charge in [-0.15, -0.1) is 0 Å². The zero-order chi connectivity index (χ0) is 21.6. The maximum atomic E-state index is 14.7. The second-order valence-electron chi connectivity index (χ2n) is 7.77. The fourth-order valence-electron chi connectivity index (χ4n) is 3.67. The van der Waals surface area contributed by atoms with E-state index in [-0.39, 0.29) is 17.5 Å². The number of hydrogen-bond donors (Lipinski definition) is 2. The van der Waals surface area contributed by atoms with Crippen LogP contribution in [0.3, 0.4) is 0 Å². The fraction of sp³-hybridized carbons (Fsp3) is 0.227. The normalized spacial score (nSPS) is 12.4. The highest BCUT2D eigenvalue weighted by atomic mass is 31.2. The topological polar surface area (TPSA) is 75.4 Å². The van der Waals surface area contributed by atoms with Gasteiger partial charge in [-0.2, -0.15) is 0 Å². The van der Waals surface area contributed by atoms with E-state index < -0.39 is 19.2 Å². The summed E-state index contributed by atoms with van der Waals surface area (Å²) < 4.78 is 41.7. The fourth-order valence-corrected chi connectivity index (χ4v) is 4.35. The van der Waals surface area contributed by atoms with Crippen molar-refractivity contribution in [2.24, 2.45) is 0 Å². The number of rotatable bonds is 5. The third kappa shape index (κ3) is 4.01. The molecule has 0 spiro atoms. The standard InChI is InChI=1S/C22H21F2N2O3P/c1-13(2)18-7-8-19-22(25-18)21-17(24)9-16(23)10-20(21)26(19)11-14-3-5-15(6-4-14)12-30(27,28)29/h3-10,13H,11-12H2,1-2H3,(H2,27,28,29). The maximum absolute atomic E-state index is 14.7. The van der Waals surface area contributed by atoms with E-state index in [1.807, 2.05) is 30.5 Å². The van der Waals surface area contributed by atoms with E-state index in [9.17, 15) is 13.3 Å². The van der Waals surface area contributed by atoms with E-state index >= 15 is 0 Å². The summed E-state index contributed by atoms with van der Waals surface area (Å²) >= 11 is 0. The predicted octanol–water partition coefficient (Wildman–Crippen LogP) is 5.32. The van der Waals surface area contributed by atoms with Crippen molar-refractivity contribution in [1.29, 1.82) is 0 Å². The Balaban J connectivity index is 1.84. The summed E-state index contributed by atoms with van der Waals surface area (Å²) in [5.41, 5.74) is 3.78. The number of halogens is 2. The quantitative estimate of drug-likeness (QED) is 0.421. The highest BCUT2D eigenvalue weighted by Crippen LogP contribution is 2.39. The van der Waals surface area contributed by atoms with Gasteiger partial charge in [0.25, 0.3) is 0 Å². The number of benzene rings is 2. The van der Waals surface area contributed by atoms with Gasteiger partial charge in [-0.1, -0.05) is 38.1 Å². The molecular formula is C22H21F2N2O3P. The van der Waals surface area contributed by atoms with E-state index in [0.29, 0.717) is 28.7 Å². The number of pyridine rings is 1. The maximum Gasteiger partial charge on any atom is 0.329 e. The molecule has 4 aromatic rings. The van der Waals surface area contributed by atoms with Gasteiger partial charge in [-0.25, -0.2) is 8.78 Å². The molecule has 156 valence electrons. The predicted molar refractivity (Wildman–Crippen MR) is 113 cm³/mol. The molecular weight excluding hydrogens is 409 g/mol. The number of hydrogen-bond acceptors (Lipinski definition) is 2. The first kappa shape index (κ1) is 20.7. The van der Waals surface area contributed by atoms with Crippen molar-refractivity contribution in [3.8, 4) is 0 Å². The van der Waals surface area contributed by atoms with Crippen LogP contribution in [0.2, 0.25) is 0 Å². The van der Waals surface area contributed by atoms with Crippen LogP contribution in [0.4, 0.5) is 8.78 Å². The van der Waals surface area contributed by atoms with Crippen LogP contribution in [0, 0.1) is 11.6 Å². The van der Waals surface area contributed by atoms with Gasteiger partial charge in [0, 0.05) is 18.3 Å². The first-order chi connectivity index (χ1) is 14.1. The SMILES string of the molecule is CC(C)c1ccc2c(n1)c1c(F)cc(F)cc1n2Cc1ccc(CP(=O)(O)O)cc1. The monoisotopic (exact) mass is 430 g/mol. The molecule has 0 amide bonds. The minimum Gasteiger partial charge on any atom is -0.334 e. The van der Waals surface area contributed by atoms with E-state index in [2.05, 4.69) is 4.98 Å². The third-order valence-electron chi connectivity index (χ3n) is 5.09. The van der Waals surface area contributed by atoms with Crippen molar-refractivity contribution in [2.45, 2.75) is 32.5 Å². The highest BCUT2D eigenvalue weighted by Gasteiger charge is 2.19. The Hall–Kier alpha value is -2.60. The zero-order valence-electron chi connectivity index (χ0n) is 16.5. The summed E-state index contributed by atoms with van der Waals surface area (Å²) in [5.74, 6) is -1.15. The van der Waals surface area contributed by atoms with Crippen LogP contribution in [-0.2, 0) is 17.3 Å². The van der Waals surface area contributed by atoms with Crippen LogP contribution < -0.4 is 0 Å². The van der Waals surface area contributed by atoms with E-state index in [4.69, 9.17) is 9.79 Å². The molecule has 2 aromatic carbocycles. The van der Waals surface area contributed by atoms with Crippen LogP contribution in [0.1, 0.15) is 36.6 Å². The first-order valence-electron chi connectivity index (χ1n) is 9.52. The molecule has 5 nitrogen and oxygen atoms in total. The molecule has 4 rings (SSSR count).